The molecule has 0 aliphatic heterocycles. The van der Waals surface area contributed by atoms with Crippen molar-refractivity contribution in [3.05, 3.63) is 45.0 Å². The average Bonchev–Trinajstić information content (AvgIpc) is 2.37. The second-order valence-corrected chi connectivity index (χ2v) is 6.36. The fourth-order valence-electron chi connectivity index (χ4n) is 1.73. The number of hydrogen-bond acceptors (Lipinski definition) is 2. The summed E-state index contributed by atoms with van der Waals surface area (Å²) in [6.07, 6.45) is 0.625. The molecule has 1 aromatic rings. The van der Waals surface area contributed by atoms with Gasteiger partial charge in [-0.05, 0) is 48.9 Å². The molecule has 0 spiro atoms. The summed E-state index contributed by atoms with van der Waals surface area (Å²) in [4.78, 5) is 13.5. The Balaban J connectivity index is 2.69. The number of carbonyl (C=O) groups excluding carboxylic acids is 1. The quantitative estimate of drug-likeness (QED) is 0.670. The Morgan fingerprint density at radius 1 is 1.16 bits per heavy atom. The minimum absolute atomic E-state index is 0.255. The molecule has 0 heterocycles. The molecule has 3 heteroatoms. The van der Waals surface area contributed by atoms with Crippen LogP contribution in [0, 0.1) is 0 Å². The highest BCUT2D eigenvalue weighted by molar-refractivity contribution is 14.1. The van der Waals surface area contributed by atoms with Crippen molar-refractivity contribution in [3.63, 3.8) is 0 Å². The third-order valence-corrected chi connectivity index (χ3v) is 4.35. The highest BCUT2D eigenvalue weighted by atomic mass is 127. The minimum Gasteiger partial charge on any atom is -0.300 e. The molecule has 104 valence electrons. The SMILES string of the molecule is CC(=O)CCN(CC(I)=C(C)C)Cc1ccccc1. The predicted molar refractivity (Wildman–Crippen MR) is 89.4 cm³/mol. The maximum atomic E-state index is 11.2. The molecule has 0 bridgehead atoms. The van der Waals surface area contributed by atoms with Crippen LogP contribution in [0.15, 0.2) is 39.5 Å². The molecule has 0 N–H and O–H groups in total. The minimum atomic E-state index is 0.255. The van der Waals surface area contributed by atoms with Gasteiger partial charge in [0.15, 0.2) is 0 Å². The van der Waals surface area contributed by atoms with Crippen molar-refractivity contribution < 1.29 is 4.79 Å². The number of benzene rings is 1. The van der Waals surface area contributed by atoms with Crippen LogP contribution in [-0.4, -0.2) is 23.8 Å². The molecule has 0 saturated heterocycles. The smallest absolute Gasteiger partial charge is 0.131 e. The van der Waals surface area contributed by atoms with Crippen LogP contribution in [0.3, 0.4) is 0 Å². The first-order chi connectivity index (χ1) is 8.99. The van der Waals surface area contributed by atoms with Crippen molar-refractivity contribution in [2.45, 2.75) is 33.7 Å². The van der Waals surface area contributed by atoms with E-state index in [1.165, 1.54) is 14.7 Å². The second kappa shape index (κ2) is 8.48. The van der Waals surface area contributed by atoms with Crippen molar-refractivity contribution in [2.75, 3.05) is 13.1 Å². The lowest BCUT2D eigenvalue weighted by atomic mass is 10.2. The number of nitrogens with zero attached hydrogens (tertiary/aromatic N) is 1. The average molecular weight is 371 g/mol. The van der Waals surface area contributed by atoms with Gasteiger partial charge in [0.2, 0.25) is 0 Å². The molecular formula is C16H22INO. The summed E-state index contributed by atoms with van der Waals surface area (Å²) in [5.41, 5.74) is 2.64. The number of halogens is 1. The maximum absolute atomic E-state index is 11.2. The van der Waals surface area contributed by atoms with E-state index in [-0.39, 0.29) is 5.78 Å². The zero-order valence-corrected chi connectivity index (χ0v) is 14.1. The Labute approximate surface area is 130 Å². The van der Waals surface area contributed by atoms with Crippen molar-refractivity contribution in [1.82, 2.24) is 4.90 Å². The standard InChI is InChI=1S/C16H22INO/c1-13(2)16(17)12-18(10-9-14(3)19)11-15-7-5-4-6-8-15/h4-8H,9-12H2,1-3H3. The fourth-order valence-corrected chi connectivity index (χ4v) is 2.21. The lowest BCUT2D eigenvalue weighted by Crippen LogP contribution is -2.27. The fraction of sp³-hybridized carbons (Fsp3) is 0.438. The molecule has 0 aliphatic carbocycles. The topological polar surface area (TPSA) is 20.3 Å². The molecule has 0 fully saturated rings. The highest BCUT2D eigenvalue weighted by Gasteiger charge is 2.09. The molecule has 0 unspecified atom stereocenters. The van der Waals surface area contributed by atoms with Crippen LogP contribution in [0.4, 0.5) is 0 Å². The summed E-state index contributed by atoms with van der Waals surface area (Å²) in [6, 6.07) is 10.4. The van der Waals surface area contributed by atoms with E-state index in [2.05, 4.69) is 65.6 Å². The normalized spacial score (nSPS) is 10.6. The summed E-state index contributed by atoms with van der Waals surface area (Å²) in [5.74, 6) is 0.255. The van der Waals surface area contributed by atoms with E-state index in [4.69, 9.17) is 0 Å². The van der Waals surface area contributed by atoms with E-state index >= 15 is 0 Å². The molecule has 1 aromatic carbocycles. The number of ketones is 1. The van der Waals surface area contributed by atoms with Crippen LogP contribution in [0.2, 0.25) is 0 Å². The van der Waals surface area contributed by atoms with Gasteiger partial charge >= 0.3 is 0 Å². The van der Waals surface area contributed by atoms with E-state index in [0.29, 0.717) is 6.42 Å². The van der Waals surface area contributed by atoms with Gasteiger partial charge < -0.3 is 0 Å². The Morgan fingerprint density at radius 2 is 1.79 bits per heavy atom. The van der Waals surface area contributed by atoms with Gasteiger partial charge in [-0.25, -0.2) is 0 Å². The first kappa shape index (κ1) is 16.4. The van der Waals surface area contributed by atoms with Gasteiger partial charge in [-0.1, -0.05) is 35.9 Å². The lowest BCUT2D eigenvalue weighted by Gasteiger charge is -2.22. The number of hydrogen-bond donors (Lipinski definition) is 0. The van der Waals surface area contributed by atoms with E-state index in [1.807, 2.05) is 6.07 Å². The highest BCUT2D eigenvalue weighted by Crippen LogP contribution is 2.16. The Morgan fingerprint density at radius 3 is 2.32 bits per heavy atom. The third-order valence-electron chi connectivity index (χ3n) is 2.93. The zero-order chi connectivity index (χ0) is 14.3. The lowest BCUT2D eigenvalue weighted by molar-refractivity contribution is -0.117. The van der Waals surface area contributed by atoms with Gasteiger partial charge in [-0.3, -0.25) is 9.69 Å². The van der Waals surface area contributed by atoms with E-state index in [1.54, 1.807) is 6.92 Å². The zero-order valence-electron chi connectivity index (χ0n) is 11.9. The van der Waals surface area contributed by atoms with Crippen LogP contribution in [-0.2, 0) is 11.3 Å². The first-order valence-corrected chi connectivity index (χ1v) is 7.64. The molecule has 0 radical (unpaired) electrons. The van der Waals surface area contributed by atoms with Crippen molar-refractivity contribution in [3.8, 4) is 0 Å². The summed E-state index contributed by atoms with van der Waals surface area (Å²) >= 11 is 2.40. The summed E-state index contributed by atoms with van der Waals surface area (Å²) in [6.45, 7) is 8.57. The summed E-state index contributed by atoms with van der Waals surface area (Å²) in [5, 5.41) is 0. The Kier molecular flexibility index (Phi) is 7.31. The largest absolute Gasteiger partial charge is 0.300 e. The number of rotatable bonds is 7. The maximum Gasteiger partial charge on any atom is 0.131 e. The van der Waals surface area contributed by atoms with Gasteiger partial charge in [0.1, 0.15) is 5.78 Å². The van der Waals surface area contributed by atoms with Crippen LogP contribution in [0.1, 0.15) is 32.8 Å². The molecule has 19 heavy (non-hydrogen) atoms. The number of allylic oxidation sites excluding steroid dienone is 1. The van der Waals surface area contributed by atoms with Gasteiger partial charge in [-0.15, -0.1) is 0 Å². The van der Waals surface area contributed by atoms with Crippen LogP contribution in [0.5, 0.6) is 0 Å². The second-order valence-electron chi connectivity index (χ2n) is 5.05. The summed E-state index contributed by atoms with van der Waals surface area (Å²) < 4.78 is 1.36. The third kappa shape index (κ3) is 6.87. The first-order valence-electron chi connectivity index (χ1n) is 6.56. The Bertz CT molecular complexity index is 435. The molecular weight excluding hydrogens is 349 g/mol. The van der Waals surface area contributed by atoms with Crippen molar-refractivity contribution >= 4 is 28.4 Å². The van der Waals surface area contributed by atoms with E-state index < -0.39 is 0 Å². The molecule has 0 aliphatic rings. The predicted octanol–water partition coefficient (Wildman–Crippen LogP) is 4.20. The van der Waals surface area contributed by atoms with Gasteiger partial charge in [0.05, 0.1) is 0 Å². The van der Waals surface area contributed by atoms with Gasteiger partial charge in [0, 0.05) is 29.6 Å². The molecule has 0 amide bonds. The Hall–Kier alpha value is -0.680. The molecule has 0 aromatic heterocycles. The molecule has 2 nitrogen and oxygen atoms in total. The van der Waals surface area contributed by atoms with Crippen LogP contribution >= 0.6 is 22.6 Å². The monoisotopic (exact) mass is 371 g/mol. The van der Waals surface area contributed by atoms with Gasteiger partial charge in [0.25, 0.3) is 0 Å². The molecule has 1 rings (SSSR count). The van der Waals surface area contributed by atoms with Crippen LogP contribution < -0.4 is 0 Å². The van der Waals surface area contributed by atoms with E-state index in [9.17, 15) is 4.79 Å². The van der Waals surface area contributed by atoms with Crippen molar-refractivity contribution in [1.29, 1.82) is 0 Å². The molecule has 0 atom stereocenters. The molecule has 0 saturated carbocycles. The van der Waals surface area contributed by atoms with E-state index in [0.717, 1.165) is 19.6 Å². The number of carbonyl (C=O) groups is 1. The number of Topliss-reactive ketones (excluding diaryl/α,β-unsaturated/α-hetero) is 1. The van der Waals surface area contributed by atoms with Crippen molar-refractivity contribution in [2.24, 2.45) is 0 Å². The summed E-state index contributed by atoms with van der Waals surface area (Å²) in [7, 11) is 0. The van der Waals surface area contributed by atoms with Gasteiger partial charge in [-0.2, -0.15) is 0 Å². The van der Waals surface area contributed by atoms with Crippen LogP contribution in [0.25, 0.3) is 0 Å².